The number of benzene rings is 2. The van der Waals surface area contributed by atoms with E-state index < -0.39 is 5.25 Å². The number of amides is 2. The van der Waals surface area contributed by atoms with Crippen LogP contribution in [0.4, 0.5) is 11.6 Å². The second-order valence-electron chi connectivity index (χ2n) is 7.11. The zero-order valence-electron chi connectivity index (χ0n) is 17.1. The number of carbonyl (C=O) groups is 2. The number of anilines is 2. The molecule has 1 aliphatic heterocycles. The molecule has 31 heavy (non-hydrogen) atoms. The van der Waals surface area contributed by atoms with Gasteiger partial charge < -0.3 is 14.6 Å². The smallest absolute Gasteiger partial charge is 0.238 e. The molecule has 3 aromatic rings. The summed E-state index contributed by atoms with van der Waals surface area (Å²) in [5.74, 6) is 0.0164. The van der Waals surface area contributed by atoms with Crippen molar-refractivity contribution < 1.29 is 14.3 Å². The van der Waals surface area contributed by atoms with Gasteiger partial charge in [-0.15, -0.1) is 11.8 Å². The summed E-state index contributed by atoms with van der Waals surface area (Å²) in [4.78, 5) is 30.7. The number of rotatable bonds is 8. The molecule has 1 unspecified atom stereocenters. The molecule has 0 fully saturated rings. The highest BCUT2D eigenvalue weighted by Gasteiger charge is 2.29. The lowest BCUT2D eigenvalue weighted by atomic mass is 10.2. The van der Waals surface area contributed by atoms with Gasteiger partial charge in [-0.3, -0.25) is 14.9 Å². The normalized spacial score (nSPS) is 15.5. The summed E-state index contributed by atoms with van der Waals surface area (Å²) in [6.07, 6.45) is 0.845. The molecule has 162 valence electrons. The Balaban J connectivity index is 1.47. The number of aryl methyl sites for hydroxylation is 1. The van der Waals surface area contributed by atoms with E-state index in [0.29, 0.717) is 36.4 Å². The molecule has 4 rings (SSSR count). The quantitative estimate of drug-likeness (QED) is 0.483. The number of imidazole rings is 1. The Morgan fingerprint density at radius 2 is 2.16 bits per heavy atom. The minimum absolute atomic E-state index is 0.0424. The first kappa shape index (κ1) is 21.7. The van der Waals surface area contributed by atoms with E-state index in [-0.39, 0.29) is 18.2 Å². The highest BCUT2D eigenvalue weighted by molar-refractivity contribution is 8.01. The number of ether oxygens (including phenoxy) is 1. The van der Waals surface area contributed by atoms with Crippen molar-refractivity contribution in [2.45, 2.75) is 36.5 Å². The van der Waals surface area contributed by atoms with Gasteiger partial charge in [-0.25, -0.2) is 4.98 Å². The molecule has 0 saturated heterocycles. The Bertz CT molecular complexity index is 1120. The molecule has 0 radical (unpaired) electrons. The van der Waals surface area contributed by atoms with Crippen LogP contribution in [0.25, 0.3) is 11.0 Å². The largest absolute Gasteiger partial charge is 0.382 e. The van der Waals surface area contributed by atoms with Crippen molar-refractivity contribution in [3.63, 3.8) is 0 Å². The average Bonchev–Trinajstić information content (AvgIpc) is 3.09. The van der Waals surface area contributed by atoms with Crippen molar-refractivity contribution in [1.82, 2.24) is 9.55 Å². The zero-order chi connectivity index (χ0) is 21.8. The molecule has 2 aromatic carbocycles. The van der Waals surface area contributed by atoms with Crippen LogP contribution in [0.3, 0.4) is 0 Å². The fourth-order valence-corrected chi connectivity index (χ4v) is 4.73. The number of hydrogen-bond acceptors (Lipinski definition) is 5. The van der Waals surface area contributed by atoms with Gasteiger partial charge >= 0.3 is 0 Å². The highest BCUT2D eigenvalue weighted by atomic mass is 35.5. The van der Waals surface area contributed by atoms with E-state index in [1.165, 1.54) is 11.8 Å². The van der Waals surface area contributed by atoms with Gasteiger partial charge in [0.25, 0.3) is 0 Å². The van der Waals surface area contributed by atoms with Crippen LogP contribution in [0.2, 0.25) is 5.02 Å². The maximum absolute atomic E-state index is 12.8. The molecule has 0 saturated carbocycles. The van der Waals surface area contributed by atoms with Gasteiger partial charge in [-0.2, -0.15) is 0 Å². The van der Waals surface area contributed by atoms with Gasteiger partial charge in [0.1, 0.15) is 0 Å². The lowest BCUT2D eigenvalue weighted by Crippen LogP contribution is -2.32. The first-order valence-electron chi connectivity index (χ1n) is 10.1. The van der Waals surface area contributed by atoms with Crippen molar-refractivity contribution in [3.05, 3.63) is 47.5 Å². The number of nitrogens with zero attached hydrogens (tertiary/aromatic N) is 2. The van der Waals surface area contributed by atoms with Crippen LogP contribution in [0.5, 0.6) is 0 Å². The Morgan fingerprint density at radius 1 is 1.32 bits per heavy atom. The Hall–Kier alpha value is -2.55. The lowest BCUT2D eigenvalue weighted by Gasteiger charge is -2.23. The van der Waals surface area contributed by atoms with Gasteiger partial charge in [-0.05, 0) is 43.7 Å². The van der Waals surface area contributed by atoms with Crippen molar-refractivity contribution in [1.29, 1.82) is 0 Å². The van der Waals surface area contributed by atoms with Crippen LogP contribution in [-0.4, -0.2) is 39.8 Å². The molecule has 1 aromatic heterocycles. The third kappa shape index (κ3) is 5.03. The highest BCUT2D eigenvalue weighted by Crippen LogP contribution is 2.38. The topological polar surface area (TPSA) is 85.2 Å². The van der Waals surface area contributed by atoms with Crippen LogP contribution >= 0.6 is 23.4 Å². The number of aromatic nitrogens is 2. The number of thioether (sulfide) groups is 1. The number of nitrogens with one attached hydrogen (secondary N) is 2. The molecule has 9 heteroatoms. The number of para-hydroxylation sites is 2. The van der Waals surface area contributed by atoms with Gasteiger partial charge in [0.15, 0.2) is 0 Å². The predicted octanol–water partition coefficient (Wildman–Crippen LogP) is 4.56. The van der Waals surface area contributed by atoms with Crippen LogP contribution in [0.15, 0.2) is 47.4 Å². The summed E-state index contributed by atoms with van der Waals surface area (Å²) in [5.41, 5.74) is 2.44. The van der Waals surface area contributed by atoms with Crippen molar-refractivity contribution in [2.75, 3.05) is 23.8 Å². The predicted molar refractivity (Wildman–Crippen MR) is 124 cm³/mol. The Kier molecular flexibility index (Phi) is 6.80. The second kappa shape index (κ2) is 9.72. The summed E-state index contributed by atoms with van der Waals surface area (Å²) in [6, 6.07) is 13.1. The first-order chi connectivity index (χ1) is 15.0. The van der Waals surface area contributed by atoms with E-state index in [2.05, 4.69) is 15.6 Å². The SMILES string of the molecule is CCOCCCn1c(NC(=O)CC2Sc3ccc(Cl)cc3NC2=O)nc2ccccc21. The van der Waals surface area contributed by atoms with Gasteiger partial charge in [0.2, 0.25) is 17.8 Å². The van der Waals surface area contributed by atoms with Crippen molar-refractivity contribution >= 4 is 57.8 Å². The molecule has 7 nitrogen and oxygen atoms in total. The van der Waals surface area contributed by atoms with Crippen LogP contribution in [0, 0.1) is 0 Å². The molecule has 2 heterocycles. The van der Waals surface area contributed by atoms with E-state index in [0.717, 1.165) is 22.3 Å². The van der Waals surface area contributed by atoms with E-state index in [9.17, 15) is 9.59 Å². The molecule has 0 bridgehead atoms. The molecule has 2 N–H and O–H groups in total. The third-order valence-electron chi connectivity index (χ3n) is 4.91. The number of halogens is 1. The summed E-state index contributed by atoms with van der Waals surface area (Å²) in [5, 5.41) is 5.76. The second-order valence-corrected chi connectivity index (χ2v) is 8.80. The first-order valence-corrected chi connectivity index (χ1v) is 11.4. The van der Waals surface area contributed by atoms with Crippen LogP contribution in [-0.2, 0) is 20.9 Å². The summed E-state index contributed by atoms with van der Waals surface area (Å²) in [6.45, 7) is 3.94. The minimum atomic E-state index is -0.524. The van der Waals surface area contributed by atoms with Crippen LogP contribution in [0.1, 0.15) is 19.8 Å². The monoisotopic (exact) mass is 458 g/mol. The summed E-state index contributed by atoms with van der Waals surface area (Å²) in [7, 11) is 0. The fraction of sp³-hybridized carbons (Fsp3) is 0.318. The molecule has 2 amide bonds. The number of hydrogen-bond donors (Lipinski definition) is 2. The molecular weight excluding hydrogens is 436 g/mol. The van der Waals surface area contributed by atoms with E-state index in [4.69, 9.17) is 16.3 Å². The van der Waals surface area contributed by atoms with E-state index in [1.807, 2.05) is 41.8 Å². The van der Waals surface area contributed by atoms with Crippen molar-refractivity contribution in [2.24, 2.45) is 0 Å². The zero-order valence-corrected chi connectivity index (χ0v) is 18.6. The Labute approximate surface area is 189 Å². The van der Waals surface area contributed by atoms with Crippen LogP contribution < -0.4 is 10.6 Å². The van der Waals surface area contributed by atoms with Gasteiger partial charge in [0.05, 0.1) is 22.0 Å². The summed E-state index contributed by atoms with van der Waals surface area (Å²) < 4.78 is 7.42. The number of fused-ring (bicyclic) bond motifs is 2. The fourth-order valence-electron chi connectivity index (χ4n) is 3.47. The standard InChI is InChI=1S/C22H23ClN4O3S/c1-2-30-11-5-10-27-17-7-4-3-6-15(17)25-22(27)26-20(28)13-19-21(29)24-16-12-14(23)8-9-18(16)31-19/h3-4,6-9,12,19H,2,5,10-11,13H2,1H3,(H,24,29)(H,25,26,28). The van der Waals surface area contributed by atoms with E-state index >= 15 is 0 Å². The summed E-state index contributed by atoms with van der Waals surface area (Å²) >= 11 is 7.36. The minimum Gasteiger partial charge on any atom is -0.382 e. The third-order valence-corrected chi connectivity index (χ3v) is 6.42. The molecular formula is C22H23ClN4O3S. The number of carbonyl (C=O) groups excluding carboxylic acids is 2. The molecule has 0 spiro atoms. The van der Waals surface area contributed by atoms with Gasteiger partial charge in [-0.1, -0.05) is 23.7 Å². The maximum Gasteiger partial charge on any atom is 0.238 e. The molecule has 1 atom stereocenters. The lowest BCUT2D eigenvalue weighted by molar-refractivity contribution is -0.120. The Morgan fingerprint density at radius 3 is 3.00 bits per heavy atom. The van der Waals surface area contributed by atoms with Crippen molar-refractivity contribution in [3.8, 4) is 0 Å². The molecule has 0 aliphatic carbocycles. The molecule has 1 aliphatic rings. The maximum atomic E-state index is 12.8. The van der Waals surface area contributed by atoms with Gasteiger partial charge in [0, 0.05) is 36.1 Å². The van der Waals surface area contributed by atoms with E-state index in [1.54, 1.807) is 12.1 Å². The average molecular weight is 459 g/mol.